The Bertz CT molecular complexity index is 859. The summed E-state index contributed by atoms with van der Waals surface area (Å²) in [7, 11) is 0. The van der Waals surface area contributed by atoms with Gasteiger partial charge in [0.25, 0.3) is 0 Å². The molecule has 2 unspecified atom stereocenters. The number of amides is 1. The fraction of sp³-hybridized carbons (Fsp3) is 0.500. The van der Waals surface area contributed by atoms with Gasteiger partial charge in [-0.15, -0.1) is 0 Å². The van der Waals surface area contributed by atoms with Gasteiger partial charge in [0, 0.05) is 18.9 Å². The zero-order valence-electron chi connectivity index (χ0n) is 14.1. The van der Waals surface area contributed by atoms with Crippen molar-refractivity contribution in [3.8, 4) is 0 Å². The monoisotopic (exact) mass is 321 g/mol. The van der Waals surface area contributed by atoms with E-state index in [0.717, 1.165) is 35.3 Å². The van der Waals surface area contributed by atoms with Crippen LogP contribution in [0.25, 0.3) is 5.65 Å². The van der Waals surface area contributed by atoms with Crippen LogP contribution in [0.3, 0.4) is 0 Å². The van der Waals surface area contributed by atoms with E-state index in [-0.39, 0.29) is 5.91 Å². The van der Waals surface area contributed by atoms with Crippen LogP contribution in [0.2, 0.25) is 0 Å². The van der Waals surface area contributed by atoms with Crippen molar-refractivity contribution in [2.75, 3.05) is 6.54 Å². The first-order chi connectivity index (χ1) is 11.7. The summed E-state index contributed by atoms with van der Waals surface area (Å²) in [6, 6.07) is 4.04. The minimum atomic E-state index is 0.0897. The number of nitrogens with one attached hydrogen (secondary N) is 1. The summed E-state index contributed by atoms with van der Waals surface area (Å²) in [5.41, 5.74) is 5.13. The van der Waals surface area contributed by atoms with E-state index in [9.17, 15) is 4.79 Å². The largest absolute Gasteiger partial charge is 0.352 e. The van der Waals surface area contributed by atoms with Crippen LogP contribution in [0, 0.1) is 24.2 Å². The summed E-state index contributed by atoms with van der Waals surface area (Å²) < 4.78 is 2.02. The zero-order valence-corrected chi connectivity index (χ0v) is 14.1. The lowest BCUT2D eigenvalue weighted by atomic mass is 9.90. The van der Waals surface area contributed by atoms with Crippen LogP contribution in [0.4, 0.5) is 0 Å². The van der Waals surface area contributed by atoms with Gasteiger partial charge in [0.15, 0.2) is 0 Å². The number of pyridine rings is 1. The molecule has 4 heteroatoms. The highest BCUT2D eigenvalue weighted by Crippen LogP contribution is 2.70. The van der Waals surface area contributed by atoms with E-state index in [1.54, 1.807) is 0 Å². The van der Waals surface area contributed by atoms with Gasteiger partial charge >= 0.3 is 0 Å². The number of carbonyl (C=O) groups excluding carboxylic acids is 1. The second-order valence-corrected chi connectivity index (χ2v) is 7.80. The molecule has 2 heterocycles. The lowest BCUT2D eigenvalue weighted by Gasteiger charge is -2.17. The molecule has 1 amide bonds. The molecule has 0 saturated heterocycles. The van der Waals surface area contributed by atoms with Crippen molar-refractivity contribution >= 4 is 11.6 Å². The molecule has 5 rings (SSSR count). The van der Waals surface area contributed by atoms with Crippen molar-refractivity contribution in [1.82, 2.24) is 14.7 Å². The second-order valence-electron chi connectivity index (χ2n) is 7.80. The highest BCUT2D eigenvalue weighted by Gasteiger charge is 2.61. The predicted octanol–water partition coefficient (Wildman–Crippen LogP) is 3.05. The molecule has 2 bridgehead atoms. The number of carbonyl (C=O) groups is 1. The average Bonchev–Trinajstić information content (AvgIpc) is 3.07. The van der Waals surface area contributed by atoms with Gasteiger partial charge in [-0.1, -0.05) is 17.7 Å². The number of aromatic nitrogens is 2. The molecule has 1 N–H and O–H groups in total. The average molecular weight is 321 g/mol. The number of fused-ring (bicyclic) bond motifs is 1. The van der Waals surface area contributed by atoms with Crippen molar-refractivity contribution in [1.29, 1.82) is 0 Å². The van der Waals surface area contributed by atoms with E-state index < -0.39 is 0 Å². The minimum Gasteiger partial charge on any atom is -0.352 e. The van der Waals surface area contributed by atoms with E-state index in [2.05, 4.69) is 16.4 Å². The molecular weight excluding hydrogens is 298 g/mol. The molecule has 2 fully saturated rings. The topological polar surface area (TPSA) is 46.4 Å². The van der Waals surface area contributed by atoms with Crippen molar-refractivity contribution in [2.24, 2.45) is 17.3 Å². The van der Waals surface area contributed by atoms with Crippen LogP contribution < -0.4 is 5.32 Å². The molecule has 2 aromatic heterocycles. The van der Waals surface area contributed by atoms with Crippen LogP contribution in [0.1, 0.15) is 36.9 Å². The normalized spacial score (nSPS) is 26.1. The zero-order chi connectivity index (χ0) is 16.3. The number of aryl methyl sites for hydroxylation is 1. The first-order valence-electron chi connectivity index (χ1n) is 9.06. The molecule has 124 valence electrons. The Balaban J connectivity index is 1.25. The first kappa shape index (κ1) is 14.3. The Labute approximate surface area is 142 Å². The summed E-state index contributed by atoms with van der Waals surface area (Å²) in [5, 5.41) is 3.14. The molecule has 0 aliphatic heterocycles. The molecule has 4 nitrogen and oxygen atoms in total. The number of imidazole rings is 1. The van der Waals surface area contributed by atoms with Crippen molar-refractivity contribution in [2.45, 2.75) is 39.0 Å². The van der Waals surface area contributed by atoms with E-state index in [1.807, 2.05) is 35.9 Å². The maximum Gasteiger partial charge on any atom is 0.226 e. The fourth-order valence-corrected chi connectivity index (χ4v) is 5.16. The molecule has 0 aromatic carbocycles. The third-order valence-corrected chi connectivity index (χ3v) is 6.53. The summed E-state index contributed by atoms with van der Waals surface area (Å²) in [4.78, 5) is 16.8. The standard InChI is InChI=1S/C20H23N3O/c1-13-3-2-8-23-16(12-22-19(13)23)10-18(24)21-11-14-9-15-4-5-17(14)20(15)6-7-20/h2-3,8-9,12,15,17H,4-7,10-11H2,1H3,(H,21,24). The highest BCUT2D eigenvalue weighted by molar-refractivity contribution is 5.78. The molecule has 2 atom stereocenters. The summed E-state index contributed by atoms with van der Waals surface area (Å²) in [6.07, 6.45) is 12.2. The second kappa shape index (κ2) is 4.95. The Kier molecular flexibility index (Phi) is 2.94. The van der Waals surface area contributed by atoms with Crippen LogP contribution in [0.5, 0.6) is 0 Å². The SMILES string of the molecule is Cc1cccn2c(CC(=O)NCC3=CC4CCC3C43CC3)cnc12. The van der Waals surface area contributed by atoms with Gasteiger partial charge in [-0.3, -0.25) is 4.79 Å². The summed E-state index contributed by atoms with van der Waals surface area (Å²) in [5.74, 6) is 1.64. The van der Waals surface area contributed by atoms with Gasteiger partial charge in [-0.25, -0.2) is 4.98 Å². The third-order valence-electron chi connectivity index (χ3n) is 6.53. The molecular formula is C20H23N3O. The molecule has 3 aliphatic carbocycles. The third kappa shape index (κ3) is 1.98. The van der Waals surface area contributed by atoms with E-state index in [0.29, 0.717) is 11.8 Å². The van der Waals surface area contributed by atoms with E-state index in [4.69, 9.17) is 0 Å². The van der Waals surface area contributed by atoms with Crippen LogP contribution in [0.15, 0.2) is 36.2 Å². The Morgan fingerprint density at radius 3 is 3.08 bits per heavy atom. The first-order valence-corrected chi connectivity index (χ1v) is 9.06. The maximum atomic E-state index is 12.4. The predicted molar refractivity (Wildman–Crippen MR) is 92.6 cm³/mol. The highest BCUT2D eigenvalue weighted by atomic mass is 16.1. The van der Waals surface area contributed by atoms with Crippen molar-refractivity contribution < 1.29 is 4.79 Å². The van der Waals surface area contributed by atoms with Gasteiger partial charge in [0.2, 0.25) is 5.91 Å². The molecule has 0 radical (unpaired) electrons. The van der Waals surface area contributed by atoms with Crippen LogP contribution in [-0.4, -0.2) is 21.8 Å². The number of hydrogen-bond acceptors (Lipinski definition) is 2. The van der Waals surface area contributed by atoms with Crippen LogP contribution >= 0.6 is 0 Å². The van der Waals surface area contributed by atoms with Gasteiger partial charge < -0.3 is 9.72 Å². The van der Waals surface area contributed by atoms with Crippen LogP contribution in [-0.2, 0) is 11.2 Å². The molecule has 2 saturated carbocycles. The fourth-order valence-electron chi connectivity index (χ4n) is 5.16. The number of nitrogens with zero attached hydrogens (tertiary/aromatic N) is 2. The molecule has 1 spiro atoms. The Morgan fingerprint density at radius 1 is 1.42 bits per heavy atom. The lowest BCUT2D eigenvalue weighted by Crippen LogP contribution is -2.29. The number of hydrogen-bond donors (Lipinski definition) is 1. The van der Waals surface area contributed by atoms with Gasteiger partial charge in [-0.05, 0) is 61.5 Å². The summed E-state index contributed by atoms with van der Waals surface area (Å²) in [6.45, 7) is 2.78. The molecule has 24 heavy (non-hydrogen) atoms. The quantitative estimate of drug-likeness (QED) is 0.880. The summed E-state index contributed by atoms with van der Waals surface area (Å²) >= 11 is 0. The Morgan fingerprint density at radius 2 is 2.29 bits per heavy atom. The van der Waals surface area contributed by atoms with Crippen molar-refractivity contribution in [3.05, 3.63) is 47.4 Å². The number of allylic oxidation sites excluding steroid dienone is 1. The van der Waals surface area contributed by atoms with Crippen molar-refractivity contribution in [3.63, 3.8) is 0 Å². The van der Waals surface area contributed by atoms with E-state index in [1.165, 1.54) is 31.3 Å². The minimum absolute atomic E-state index is 0.0897. The molecule has 3 aliphatic rings. The molecule has 2 aromatic rings. The lowest BCUT2D eigenvalue weighted by molar-refractivity contribution is -0.120. The van der Waals surface area contributed by atoms with Gasteiger partial charge in [0.05, 0.1) is 12.1 Å². The maximum absolute atomic E-state index is 12.4. The Hall–Kier alpha value is -2.10. The van der Waals surface area contributed by atoms with Gasteiger partial charge in [-0.2, -0.15) is 0 Å². The number of rotatable bonds is 4. The van der Waals surface area contributed by atoms with E-state index >= 15 is 0 Å². The van der Waals surface area contributed by atoms with Gasteiger partial charge in [0.1, 0.15) is 5.65 Å². The smallest absolute Gasteiger partial charge is 0.226 e.